The summed E-state index contributed by atoms with van der Waals surface area (Å²) in [7, 11) is 2.09. The van der Waals surface area contributed by atoms with E-state index in [0.29, 0.717) is 0 Å². The second-order valence-corrected chi connectivity index (χ2v) is 7.09. The lowest BCUT2D eigenvalue weighted by Gasteiger charge is -2.19. The number of hydrogen-bond donors (Lipinski definition) is 1. The molecule has 0 atom stereocenters. The van der Waals surface area contributed by atoms with E-state index in [1.165, 1.54) is 29.0 Å². The first-order valence-electron chi connectivity index (χ1n) is 8.39. The maximum Gasteiger partial charge on any atom is 0.252 e. The van der Waals surface area contributed by atoms with Crippen molar-refractivity contribution in [3.63, 3.8) is 0 Å². The highest BCUT2D eigenvalue weighted by atomic mass is 32.1. The Morgan fingerprint density at radius 1 is 1.22 bits per heavy atom. The number of rotatable bonds is 6. The van der Waals surface area contributed by atoms with E-state index in [-0.39, 0.29) is 5.91 Å². The number of anilines is 1. The van der Waals surface area contributed by atoms with Crippen LogP contribution in [0.1, 0.15) is 40.1 Å². The van der Waals surface area contributed by atoms with Crippen LogP contribution in [-0.2, 0) is 12.8 Å². The first-order chi connectivity index (χ1) is 11.3. The molecular weight excluding hydrogens is 304 g/mol. The average molecular weight is 328 g/mol. The van der Waals surface area contributed by atoms with Gasteiger partial charge in [-0.1, -0.05) is 18.2 Å². The smallest absolute Gasteiger partial charge is 0.252 e. The Labute approximate surface area is 142 Å². The van der Waals surface area contributed by atoms with Crippen molar-refractivity contribution in [3.8, 4) is 0 Å². The molecule has 122 valence electrons. The third-order valence-electron chi connectivity index (χ3n) is 4.46. The fourth-order valence-corrected chi connectivity index (χ4v) is 4.24. The van der Waals surface area contributed by atoms with E-state index in [1.54, 1.807) is 11.3 Å². The van der Waals surface area contributed by atoms with Crippen LogP contribution in [0.2, 0.25) is 0 Å². The molecule has 0 bridgehead atoms. The first kappa shape index (κ1) is 16.1. The number of aryl methyl sites for hydroxylation is 1. The van der Waals surface area contributed by atoms with E-state index in [0.717, 1.165) is 37.9 Å². The van der Waals surface area contributed by atoms with Gasteiger partial charge in [-0.3, -0.25) is 4.79 Å². The summed E-state index contributed by atoms with van der Waals surface area (Å²) in [5, 5.41) is 5.13. The minimum Gasteiger partial charge on any atom is -0.375 e. The lowest BCUT2D eigenvalue weighted by molar-refractivity contribution is 0.0952. The normalized spacial score (nSPS) is 13.4. The minimum atomic E-state index is 0.103. The van der Waals surface area contributed by atoms with E-state index in [1.807, 2.05) is 23.6 Å². The minimum absolute atomic E-state index is 0.103. The molecule has 1 aliphatic carbocycles. The van der Waals surface area contributed by atoms with Crippen LogP contribution in [0, 0.1) is 0 Å². The fraction of sp³-hybridized carbons (Fsp3) is 0.421. The largest absolute Gasteiger partial charge is 0.375 e. The molecule has 1 aromatic carbocycles. The zero-order valence-electron chi connectivity index (χ0n) is 13.7. The highest BCUT2D eigenvalue weighted by Crippen LogP contribution is 2.30. The standard InChI is InChI=1S/C19H24N2OS/c1-21(15-8-3-2-4-9-15)13-7-12-20-19(22)17-14-23-18-11-6-5-10-16(17)18/h2-4,8-9,14H,5-7,10-13H2,1H3,(H,20,22). The zero-order valence-corrected chi connectivity index (χ0v) is 14.5. The highest BCUT2D eigenvalue weighted by Gasteiger charge is 2.19. The van der Waals surface area contributed by atoms with Crippen LogP contribution >= 0.6 is 11.3 Å². The molecule has 0 saturated heterocycles. The van der Waals surface area contributed by atoms with Crippen molar-refractivity contribution in [1.29, 1.82) is 0 Å². The van der Waals surface area contributed by atoms with Gasteiger partial charge >= 0.3 is 0 Å². The number of thiophene rings is 1. The van der Waals surface area contributed by atoms with Crippen LogP contribution in [0.3, 0.4) is 0 Å². The number of nitrogens with one attached hydrogen (secondary N) is 1. The number of carbonyl (C=O) groups excluding carboxylic acids is 1. The van der Waals surface area contributed by atoms with E-state index in [9.17, 15) is 4.79 Å². The van der Waals surface area contributed by atoms with Crippen molar-refractivity contribution in [1.82, 2.24) is 5.32 Å². The third-order valence-corrected chi connectivity index (χ3v) is 5.55. The summed E-state index contributed by atoms with van der Waals surface area (Å²) in [6.07, 6.45) is 5.64. The molecule has 1 aliphatic rings. The SMILES string of the molecule is CN(CCCNC(=O)c1csc2c1CCCC2)c1ccccc1. The average Bonchev–Trinajstić information content (AvgIpc) is 3.03. The van der Waals surface area contributed by atoms with Crippen molar-refractivity contribution in [2.24, 2.45) is 0 Å². The highest BCUT2D eigenvalue weighted by molar-refractivity contribution is 7.10. The van der Waals surface area contributed by atoms with Gasteiger partial charge in [-0.2, -0.15) is 0 Å². The molecule has 23 heavy (non-hydrogen) atoms. The molecule has 0 unspecified atom stereocenters. The van der Waals surface area contributed by atoms with Crippen LogP contribution in [0.15, 0.2) is 35.7 Å². The lowest BCUT2D eigenvalue weighted by atomic mass is 9.96. The molecule has 4 heteroatoms. The molecule has 0 aliphatic heterocycles. The first-order valence-corrected chi connectivity index (χ1v) is 9.27. The topological polar surface area (TPSA) is 32.3 Å². The van der Waals surface area contributed by atoms with E-state index in [4.69, 9.17) is 0 Å². The van der Waals surface area contributed by atoms with E-state index >= 15 is 0 Å². The number of fused-ring (bicyclic) bond motifs is 1. The summed E-state index contributed by atoms with van der Waals surface area (Å²) in [5.41, 5.74) is 3.44. The number of carbonyl (C=O) groups is 1. The summed E-state index contributed by atoms with van der Waals surface area (Å²) in [5.74, 6) is 0.103. The van der Waals surface area contributed by atoms with Gasteiger partial charge in [0.05, 0.1) is 5.56 Å². The maximum atomic E-state index is 12.4. The van der Waals surface area contributed by atoms with Crippen molar-refractivity contribution >= 4 is 22.9 Å². The molecule has 0 radical (unpaired) electrons. The Balaban J connectivity index is 1.46. The summed E-state index contributed by atoms with van der Waals surface area (Å²) < 4.78 is 0. The van der Waals surface area contributed by atoms with Crippen LogP contribution in [0.25, 0.3) is 0 Å². The fourth-order valence-electron chi connectivity index (χ4n) is 3.11. The van der Waals surface area contributed by atoms with Crippen LogP contribution in [0.5, 0.6) is 0 Å². The number of nitrogens with zero attached hydrogens (tertiary/aromatic N) is 1. The van der Waals surface area contributed by atoms with Gasteiger partial charge in [-0.05, 0) is 49.8 Å². The van der Waals surface area contributed by atoms with E-state index < -0.39 is 0 Å². The van der Waals surface area contributed by atoms with Gasteiger partial charge < -0.3 is 10.2 Å². The predicted molar refractivity (Wildman–Crippen MR) is 97.6 cm³/mol. The van der Waals surface area contributed by atoms with Gasteiger partial charge in [0, 0.05) is 36.1 Å². The molecule has 0 spiro atoms. The monoisotopic (exact) mass is 328 g/mol. The van der Waals surface area contributed by atoms with Gasteiger partial charge in [0.2, 0.25) is 0 Å². The number of hydrogen-bond acceptors (Lipinski definition) is 3. The second-order valence-electron chi connectivity index (χ2n) is 6.12. The van der Waals surface area contributed by atoms with E-state index in [2.05, 4.69) is 29.4 Å². The summed E-state index contributed by atoms with van der Waals surface area (Å²) in [6, 6.07) is 10.3. The predicted octanol–water partition coefficient (Wildman–Crippen LogP) is 3.88. The number of benzene rings is 1. The van der Waals surface area contributed by atoms with Gasteiger partial charge in [-0.25, -0.2) is 0 Å². The van der Waals surface area contributed by atoms with Crippen LogP contribution in [-0.4, -0.2) is 26.0 Å². The Morgan fingerprint density at radius 3 is 2.83 bits per heavy atom. The van der Waals surface area contributed by atoms with Crippen LogP contribution in [0.4, 0.5) is 5.69 Å². The van der Waals surface area contributed by atoms with Crippen molar-refractivity contribution in [2.45, 2.75) is 32.1 Å². The molecular formula is C19H24N2OS. The molecule has 2 aromatic rings. The quantitative estimate of drug-likeness (QED) is 0.816. The third kappa shape index (κ3) is 3.94. The maximum absolute atomic E-state index is 12.4. The second kappa shape index (κ2) is 7.64. The van der Waals surface area contributed by atoms with Crippen LogP contribution < -0.4 is 10.2 Å². The molecule has 1 aromatic heterocycles. The molecule has 1 N–H and O–H groups in total. The Kier molecular flexibility index (Phi) is 5.34. The molecule has 1 heterocycles. The van der Waals surface area contributed by atoms with Gasteiger partial charge in [-0.15, -0.1) is 11.3 Å². The number of para-hydroxylation sites is 1. The van der Waals surface area contributed by atoms with Crippen molar-refractivity contribution < 1.29 is 4.79 Å². The lowest BCUT2D eigenvalue weighted by Crippen LogP contribution is -2.28. The zero-order chi connectivity index (χ0) is 16.1. The van der Waals surface area contributed by atoms with Crippen molar-refractivity contribution in [2.75, 3.05) is 25.0 Å². The summed E-state index contributed by atoms with van der Waals surface area (Å²) >= 11 is 1.75. The molecule has 3 nitrogen and oxygen atoms in total. The Hall–Kier alpha value is -1.81. The van der Waals surface area contributed by atoms with Gasteiger partial charge in [0.1, 0.15) is 0 Å². The van der Waals surface area contributed by atoms with Gasteiger partial charge in [0.25, 0.3) is 5.91 Å². The van der Waals surface area contributed by atoms with Crippen molar-refractivity contribution in [3.05, 3.63) is 51.7 Å². The molecule has 0 saturated carbocycles. The number of amides is 1. The Morgan fingerprint density at radius 2 is 2.00 bits per heavy atom. The molecule has 0 fully saturated rings. The molecule has 3 rings (SSSR count). The molecule has 1 amide bonds. The Bertz CT molecular complexity index is 651. The van der Waals surface area contributed by atoms with Gasteiger partial charge in [0.15, 0.2) is 0 Å². The summed E-state index contributed by atoms with van der Waals surface area (Å²) in [6.45, 7) is 1.66. The summed E-state index contributed by atoms with van der Waals surface area (Å²) in [4.78, 5) is 16.0.